The summed E-state index contributed by atoms with van der Waals surface area (Å²) >= 11 is 0. The van der Waals surface area contributed by atoms with E-state index in [1.165, 1.54) is 26.2 Å². The van der Waals surface area contributed by atoms with Crippen molar-refractivity contribution in [1.29, 1.82) is 0 Å². The van der Waals surface area contributed by atoms with Crippen molar-refractivity contribution in [3.05, 3.63) is 23.5 Å². The van der Waals surface area contributed by atoms with Crippen LogP contribution < -0.4 is 14.8 Å². The molecule has 2 bridgehead atoms. The Hall–Kier alpha value is -1.18. The van der Waals surface area contributed by atoms with E-state index in [4.69, 9.17) is 4.74 Å². The Kier molecular flexibility index (Phi) is 4.13. The second-order valence-electron chi connectivity index (χ2n) is 6.13. The Morgan fingerprint density at radius 2 is 1.91 bits per heavy atom. The number of rotatable bonds is 4. The Morgan fingerprint density at radius 3 is 2.50 bits per heavy atom. The Balaban J connectivity index is 1.83. The Bertz CT molecular complexity index is 666. The summed E-state index contributed by atoms with van der Waals surface area (Å²) in [5, 5.41) is 3.47. The van der Waals surface area contributed by atoms with Crippen LogP contribution in [-0.2, 0) is 10.0 Å². The summed E-state index contributed by atoms with van der Waals surface area (Å²) in [6.45, 7) is 1.46. The molecule has 122 valence electrons. The number of ether oxygens (including phenoxy) is 1. The van der Waals surface area contributed by atoms with Crippen molar-refractivity contribution in [2.45, 2.75) is 55.6 Å². The van der Waals surface area contributed by atoms with Crippen molar-refractivity contribution in [3.8, 4) is 5.75 Å². The number of hydrogen-bond acceptors (Lipinski definition) is 4. The molecule has 0 radical (unpaired) electrons. The molecule has 1 aromatic rings. The third-order valence-corrected chi connectivity index (χ3v) is 6.27. The zero-order valence-electron chi connectivity index (χ0n) is 12.7. The fourth-order valence-electron chi connectivity index (χ4n) is 3.53. The zero-order valence-corrected chi connectivity index (χ0v) is 13.5. The number of nitrogens with one attached hydrogen (secondary N) is 2. The second-order valence-corrected chi connectivity index (χ2v) is 7.81. The van der Waals surface area contributed by atoms with Gasteiger partial charge in [-0.1, -0.05) is 0 Å². The van der Waals surface area contributed by atoms with Crippen LogP contribution in [0.2, 0.25) is 0 Å². The summed E-state index contributed by atoms with van der Waals surface area (Å²) in [7, 11) is -2.37. The fourth-order valence-corrected chi connectivity index (χ4v) is 5.03. The predicted octanol–water partition coefficient (Wildman–Crippen LogP) is 1.70. The van der Waals surface area contributed by atoms with Gasteiger partial charge in [0.1, 0.15) is 0 Å². The quantitative estimate of drug-likeness (QED) is 0.883. The van der Waals surface area contributed by atoms with Gasteiger partial charge in [-0.3, -0.25) is 0 Å². The lowest BCUT2D eigenvalue weighted by molar-refractivity contribution is 0.345. The fraction of sp³-hybridized carbons (Fsp3) is 0.600. The van der Waals surface area contributed by atoms with Crippen LogP contribution in [0, 0.1) is 12.7 Å². The summed E-state index contributed by atoms with van der Waals surface area (Å²) in [5.41, 5.74) is 0.0868. The summed E-state index contributed by atoms with van der Waals surface area (Å²) in [5.74, 6) is -0.577. The third-order valence-electron chi connectivity index (χ3n) is 4.61. The maximum Gasteiger partial charge on any atom is 0.241 e. The molecule has 22 heavy (non-hydrogen) atoms. The monoisotopic (exact) mass is 328 g/mol. The van der Waals surface area contributed by atoms with Gasteiger partial charge in [0.25, 0.3) is 0 Å². The van der Waals surface area contributed by atoms with Crippen molar-refractivity contribution in [1.82, 2.24) is 10.0 Å². The van der Waals surface area contributed by atoms with Crippen LogP contribution in [0.25, 0.3) is 0 Å². The minimum absolute atomic E-state index is 0.0170. The topological polar surface area (TPSA) is 67.4 Å². The molecule has 0 saturated carbocycles. The molecule has 2 fully saturated rings. The standard InChI is InChI=1S/C15H21FN2O3S/c1-9-14(6-5-13(21-2)15(9)16)22(19,20)18-12-7-10-3-4-11(8-12)17-10/h5-6,10-12,17-18H,3-4,7-8H2,1-2H3. The normalized spacial score (nSPS) is 27.9. The molecule has 1 aromatic carbocycles. The van der Waals surface area contributed by atoms with Crippen LogP contribution in [0.1, 0.15) is 31.2 Å². The van der Waals surface area contributed by atoms with Crippen LogP contribution in [0.5, 0.6) is 5.75 Å². The highest BCUT2D eigenvalue weighted by Gasteiger charge is 2.35. The summed E-state index contributed by atoms with van der Waals surface area (Å²) in [6.07, 6.45) is 3.76. The van der Waals surface area contributed by atoms with Gasteiger partial charge in [0.2, 0.25) is 10.0 Å². The molecule has 5 nitrogen and oxygen atoms in total. The first-order valence-electron chi connectivity index (χ1n) is 7.52. The minimum atomic E-state index is -3.73. The predicted molar refractivity (Wildman–Crippen MR) is 81.0 cm³/mol. The van der Waals surface area contributed by atoms with Crippen LogP contribution in [0.4, 0.5) is 4.39 Å². The third kappa shape index (κ3) is 2.85. The SMILES string of the molecule is COc1ccc(S(=O)(=O)NC2CC3CCC(C2)N3)c(C)c1F. The van der Waals surface area contributed by atoms with Crippen molar-refractivity contribution < 1.29 is 17.5 Å². The van der Waals surface area contributed by atoms with Gasteiger partial charge in [0.15, 0.2) is 11.6 Å². The second kappa shape index (κ2) is 5.79. The molecule has 2 atom stereocenters. The van der Waals surface area contributed by atoms with Crippen molar-refractivity contribution in [3.63, 3.8) is 0 Å². The van der Waals surface area contributed by atoms with Crippen molar-refractivity contribution >= 4 is 10.0 Å². The first-order chi connectivity index (χ1) is 10.4. The molecule has 2 saturated heterocycles. The van der Waals surface area contributed by atoms with Crippen LogP contribution in [-0.4, -0.2) is 33.7 Å². The number of piperidine rings is 1. The first kappa shape index (κ1) is 15.7. The molecular formula is C15H21FN2O3S. The average molecular weight is 328 g/mol. The molecule has 0 aromatic heterocycles. The lowest BCUT2D eigenvalue weighted by Crippen LogP contribution is -2.48. The van der Waals surface area contributed by atoms with E-state index in [-0.39, 0.29) is 22.3 Å². The summed E-state index contributed by atoms with van der Waals surface area (Å²) < 4.78 is 46.8. The van der Waals surface area contributed by atoms with E-state index in [9.17, 15) is 12.8 Å². The van der Waals surface area contributed by atoms with Crippen molar-refractivity contribution in [2.24, 2.45) is 0 Å². The molecule has 0 aliphatic carbocycles. The van der Waals surface area contributed by atoms with Gasteiger partial charge in [-0.15, -0.1) is 0 Å². The number of hydrogen-bond donors (Lipinski definition) is 2. The number of methoxy groups -OCH3 is 1. The Labute approximate surface area is 130 Å². The van der Waals surface area contributed by atoms with Gasteiger partial charge in [0.05, 0.1) is 12.0 Å². The summed E-state index contributed by atoms with van der Waals surface area (Å²) in [6, 6.07) is 3.44. The smallest absolute Gasteiger partial charge is 0.241 e. The molecular weight excluding hydrogens is 307 g/mol. The van der Waals surface area contributed by atoms with Gasteiger partial charge in [0, 0.05) is 23.7 Å². The van der Waals surface area contributed by atoms with E-state index in [2.05, 4.69) is 10.0 Å². The maximum absolute atomic E-state index is 14.1. The van der Waals surface area contributed by atoms with Crippen LogP contribution >= 0.6 is 0 Å². The number of fused-ring (bicyclic) bond motifs is 2. The van der Waals surface area contributed by atoms with Crippen LogP contribution in [0.15, 0.2) is 17.0 Å². The van der Waals surface area contributed by atoms with Gasteiger partial charge in [-0.2, -0.15) is 0 Å². The largest absolute Gasteiger partial charge is 0.494 e. The lowest BCUT2D eigenvalue weighted by Gasteiger charge is -2.29. The molecule has 7 heteroatoms. The zero-order chi connectivity index (χ0) is 15.9. The summed E-state index contributed by atoms with van der Waals surface area (Å²) in [4.78, 5) is -0.0170. The first-order valence-corrected chi connectivity index (χ1v) is 9.00. The Morgan fingerprint density at radius 1 is 1.27 bits per heavy atom. The minimum Gasteiger partial charge on any atom is -0.494 e. The molecule has 2 N–H and O–H groups in total. The molecule has 3 rings (SSSR count). The highest BCUT2D eigenvalue weighted by molar-refractivity contribution is 7.89. The van der Waals surface area contributed by atoms with Gasteiger partial charge in [-0.05, 0) is 44.7 Å². The highest BCUT2D eigenvalue weighted by atomic mass is 32.2. The van der Waals surface area contributed by atoms with E-state index in [0.29, 0.717) is 12.1 Å². The molecule has 2 aliphatic rings. The maximum atomic E-state index is 14.1. The van der Waals surface area contributed by atoms with Gasteiger partial charge in [-0.25, -0.2) is 17.5 Å². The van der Waals surface area contributed by atoms with E-state index in [0.717, 1.165) is 25.7 Å². The van der Waals surface area contributed by atoms with E-state index >= 15 is 0 Å². The lowest BCUT2D eigenvalue weighted by atomic mass is 10.0. The highest BCUT2D eigenvalue weighted by Crippen LogP contribution is 2.29. The van der Waals surface area contributed by atoms with E-state index in [1.54, 1.807) is 0 Å². The van der Waals surface area contributed by atoms with Crippen LogP contribution in [0.3, 0.4) is 0 Å². The number of benzene rings is 1. The molecule has 0 amide bonds. The van der Waals surface area contributed by atoms with E-state index in [1.807, 2.05) is 0 Å². The van der Waals surface area contributed by atoms with Gasteiger partial charge >= 0.3 is 0 Å². The number of sulfonamides is 1. The molecule has 2 heterocycles. The van der Waals surface area contributed by atoms with Crippen molar-refractivity contribution in [2.75, 3.05) is 7.11 Å². The molecule has 0 spiro atoms. The molecule has 2 unspecified atom stereocenters. The number of halogens is 1. The van der Waals surface area contributed by atoms with Gasteiger partial charge < -0.3 is 10.1 Å². The average Bonchev–Trinajstić information content (AvgIpc) is 2.80. The molecule has 2 aliphatic heterocycles. The van der Waals surface area contributed by atoms with E-state index < -0.39 is 15.8 Å².